The molecule has 3 N–H and O–H groups in total. The number of nitrogens with two attached hydrogens (primary N) is 1. The van der Waals surface area contributed by atoms with Crippen molar-refractivity contribution in [3.63, 3.8) is 0 Å². The van der Waals surface area contributed by atoms with Crippen molar-refractivity contribution < 1.29 is 14.6 Å². The van der Waals surface area contributed by atoms with E-state index >= 15 is 0 Å². The van der Waals surface area contributed by atoms with Gasteiger partial charge in [0.05, 0.1) is 6.20 Å². The van der Waals surface area contributed by atoms with Gasteiger partial charge in [-0.15, -0.1) is 0 Å². The van der Waals surface area contributed by atoms with E-state index in [2.05, 4.69) is 20.9 Å². The molecule has 1 aromatic heterocycles. The van der Waals surface area contributed by atoms with Crippen LogP contribution in [0, 0.1) is 0 Å². The van der Waals surface area contributed by atoms with E-state index in [0.717, 1.165) is 4.47 Å². The van der Waals surface area contributed by atoms with Gasteiger partial charge in [-0.3, -0.25) is 4.98 Å². The van der Waals surface area contributed by atoms with Crippen LogP contribution >= 0.6 is 15.9 Å². The maximum Gasteiger partial charge on any atom is 0.339 e. The van der Waals surface area contributed by atoms with Crippen molar-refractivity contribution in [3.8, 4) is 11.5 Å². The van der Waals surface area contributed by atoms with Crippen LogP contribution < -0.4 is 10.5 Å². The molecule has 2 rings (SSSR count). The van der Waals surface area contributed by atoms with Crippen LogP contribution in [-0.2, 0) is 0 Å². The number of ether oxygens (including phenoxy) is 1. The number of hydrogen-bond acceptors (Lipinski definition) is 4. The van der Waals surface area contributed by atoms with Crippen LogP contribution in [0.5, 0.6) is 11.5 Å². The summed E-state index contributed by atoms with van der Waals surface area (Å²) in [7, 11) is 0. The molecule has 0 atom stereocenters. The largest absolute Gasteiger partial charge is 0.478 e. The third kappa shape index (κ3) is 2.78. The molecule has 0 bridgehead atoms. The molecule has 0 spiro atoms. The van der Waals surface area contributed by atoms with Gasteiger partial charge in [0.2, 0.25) is 0 Å². The van der Waals surface area contributed by atoms with Crippen molar-refractivity contribution in [2.45, 2.75) is 0 Å². The van der Waals surface area contributed by atoms with Gasteiger partial charge in [0, 0.05) is 16.4 Å². The fraction of sp³-hybridized carbons (Fsp3) is 0. The Morgan fingerprint density at radius 1 is 1.33 bits per heavy atom. The van der Waals surface area contributed by atoms with Gasteiger partial charge in [-0.1, -0.05) is 0 Å². The van der Waals surface area contributed by atoms with Gasteiger partial charge in [-0.2, -0.15) is 0 Å². The lowest BCUT2D eigenvalue weighted by Gasteiger charge is -2.09. The molecule has 0 aliphatic rings. The fourth-order valence-corrected chi connectivity index (χ4v) is 1.72. The first-order valence-electron chi connectivity index (χ1n) is 4.97. The minimum atomic E-state index is -1.10. The van der Waals surface area contributed by atoms with E-state index in [-0.39, 0.29) is 11.3 Å². The van der Waals surface area contributed by atoms with Crippen molar-refractivity contribution in [2.75, 3.05) is 5.73 Å². The highest BCUT2D eigenvalue weighted by Crippen LogP contribution is 2.28. The molecule has 92 valence electrons. The van der Waals surface area contributed by atoms with E-state index in [9.17, 15) is 4.79 Å². The lowest BCUT2D eigenvalue weighted by Crippen LogP contribution is -2.01. The number of carboxylic acids is 1. The van der Waals surface area contributed by atoms with Gasteiger partial charge >= 0.3 is 5.97 Å². The van der Waals surface area contributed by atoms with E-state index in [1.807, 2.05) is 0 Å². The van der Waals surface area contributed by atoms with Crippen molar-refractivity contribution in [3.05, 3.63) is 46.7 Å². The number of pyridine rings is 1. The Labute approximate surface area is 111 Å². The topological polar surface area (TPSA) is 85.4 Å². The molecule has 0 saturated heterocycles. The minimum absolute atomic E-state index is 0.00924. The van der Waals surface area contributed by atoms with Crippen molar-refractivity contribution >= 4 is 27.6 Å². The Morgan fingerprint density at radius 3 is 2.78 bits per heavy atom. The van der Waals surface area contributed by atoms with Crippen LogP contribution in [0.1, 0.15) is 10.4 Å². The Morgan fingerprint density at radius 2 is 2.11 bits per heavy atom. The molecule has 0 unspecified atom stereocenters. The summed E-state index contributed by atoms with van der Waals surface area (Å²) < 4.78 is 6.22. The van der Waals surface area contributed by atoms with Crippen molar-refractivity contribution in [1.29, 1.82) is 0 Å². The molecule has 1 aromatic carbocycles. The summed E-state index contributed by atoms with van der Waals surface area (Å²) in [6.07, 6.45) is 3.10. The molecule has 6 heteroatoms. The van der Waals surface area contributed by atoms with Gasteiger partial charge in [-0.25, -0.2) is 4.79 Å². The van der Waals surface area contributed by atoms with Crippen LogP contribution in [0.2, 0.25) is 0 Å². The fourth-order valence-electron chi connectivity index (χ4n) is 1.38. The third-order valence-electron chi connectivity index (χ3n) is 2.14. The summed E-state index contributed by atoms with van der Waals surface area (Å²) in [6.45, 7) is 0. The molecule has 0 aliphatic heterocycles. The maximum atomic E-state index is 11.1. The number of anilines is 1. The first-order valence-corrected chi connectivity index (χ1v) is 5.77. The first-order chi connectivity index (χ1) is 8.56. The van der Waals surface area contributed by atoms with E-state index in [0.29, 0.717) is 11.4 Å². The number of aromatic carboxylic acids is 1. The molecule has 5 nitrogen and oxygen atoms in total. The second-order valence-corrected chi connectivity index (χ2v) is 4.42. The Hall–Kier alpha value is -2.08. The van der Waals surface area contributed by atoms with E-state index in [4.69, 9.17) is 15.6 Å². The second-order valence-electron chi connectivity index (χ2n) is 3.50. The van der Waals surface area contributed by atoms with Crippen molar-refractivity contribution in [2.24, 2.45) is 0 Å². The average molecular weight is 309 g/mol. The Bertz CT molecular complexity index is 602. The number of aromatic nitrogens is 1. The predicted octanol–water partition coefficient (Wildman–Crippen LogP) is 2.92. The van der Waals surface area contributed by atoms with Crippen LogP contribution in [0.3, 0.4) is 0 Å². The zero-order valence-electron chi connectivity index (χ0n) is 9.13. The number of hydrogen-bond donors (Lipinski definition) is 2. The highest BCUT2D eigenvalue weighted by atomic mass is 79.9. The number of nitrogens with zero attached hydrogens (tertiary/aromatic N) is 1. The number of carbonyl (C=O) groups is 1. The monoisotopic (exact) mass is 308 g/mol. The molecule has 0 fully saturated rings. The molecule has 2 aromatic rings. The average Bonchev–Trinajstić information content (AvgIpc) is 2.31. The molecular weight excluding hydrogens is 300 g/mol. The quantitative estimate of drug-likeness (QED) is 0.851. The second kappa shape index (κ2) is 5.05. The predicted molar refractivity (Wildman–Crippen MR) is 69.8 cm³/mol. The smallest absolute Gasteiger partial charge is 0.339 e. The molecule has 0 radical (unpaired) electrons. The minimum Gasteiger partial charge on any atom is -0.478 e. The number of carboxylic acid groups (broad SMARTS) is 1. The summed E-state index contributed by atoms with van der Waals surface area (Å²) in [5.41, 5.74) is 5.92. The third-order valence-corrected chi connectivity index (χ3v) is 2.58. The Kier molecular flexibility index (Phi) is 3.47. The van der Waals surface area contributed by atoms with E-state index in [1.165, 1.54) is 18.3 Å². The number of rotatable bonds is 3. The summed E-state index contributed by atoms with van der Waals surface area (Å²) in [6, 6.07) is 6.13. The van der Waals surface area contributed by atoms with Gasteiger partial charge in [-0.05, 0) is 40.2 Å². The lowest BCUT2D eigenvalue weighted by atomic mass is 10.2. The van der Waals surface area contributed by atoms with E-state index < -0.39 is 5.97 Å². The van der Waals surface area contributed by atoms with Gasteiger partial charge in [0.15, 0.2) is 0 Å². The van der Waals surface area contributed by atoms with Crippen molar-refractivity contribution in [1.82, 2.24) is 4.98 Å². The number of nitrogen functional groups attached to an aromatic ring is 1. The molecule has 0 aliphatic carbocycles. The van der Waals surface area contributed by atoms with Gasteiger partial charge in [0.25, 0.3) is 0 Å². The highest BCUT2D eigenvalue weighted by molar-refractivity contribution is 9.10. The summed E-state index contributed by atoms with van der Waals surface area (Å²) in [5.74, 6) is -0.437. The Balaban J connectivity index is 2.37. The lowest BCUT2D eigenvalue weighted by molar-refractivity contribution is 0.0694. The number of benzene rings is 1. The van der Waals surface area contributed by atoms with Crippen LogP contribution in [0.15, 0.2) is 41.1 Å². The van der Waals surface area contributed by atoms with Crippen LogP contribution in [0.4, 0.5) is 5.69 Å². The molecule has 0 amide bonds. The van der Waals surface area contributed by atoms with Crippen LogP contribution in [0.25, 0.3) is 0 Å². The zero-order chi connectivity index (χ0) is 13.1. The summed E-state index contributed by atoms with van der Waals surface area (Å²) >= 11 is 3.26. The van der Waals surface area contributed by atoms with Crippen LogP contribution in [-0.4, -0.2) is 16.1 Å². The summed E-state index contributed by atoms with van der Waals surface area (Å²) in [5, 5.41) is 9.06. The normalized spacial score (nSPS) is 10.1. The highest BCUT2D eigenvalue weighted by Gasteiger charge is 2.12. The van der Waals surface area contributed by atoms with E-state index in [1.54, 1.807) is 18.3 Å². The maximum absolute atomic E-state index is 11.1. The standard InChI is InChI=1S/C12H9BrN2O3/c13-7-3-9(6-15-5-7)18-11-2-1-8(14)4-10(11)12(16)17/h1-6H,14H2,(H,16,17). The first kappa shape index (κ1) is 12.4. The molecular formula is C12H9BrN2O3. The molecule has 1 heterocycles. The van der Waals surface area contributed by atoms with Gasteiger partial charge in [0.1, 0.15) is 17.1 Å². The SMILES string of the molecule is Nc1ccc(Oc2cncc(Br)c2)c(C(=O)O)c1. The molecule has 18 heavy (non-hydrogen) atoms. The molecule has 0 saturated carbocycles. The zero-order valence-corrected chi connectivity index (χ0v) is 10.7. The van der Waals surface area contributed by atoms with Gasteiger partial charge < -0.3 is 15.6 Å². The number of halogens is 1. The summed E-state index contributed by atoms with van der Waals surface area (Å²) in [4.78, 5) is 15.0.